The number of pyridine rings is 1. The van der Waals surface area contributed by atoms with Crippen LogP contribution in [0.5, 0.6) is 17.2 Å². The van der Waals surface area contributed by atoms with E-state index >= 15 is 0 Å². The van der Waals surface area contributed by atoms with E-state index < -0.39 is 0 Å². The summed E-state index contributed by atoms with van der Waals surface area (Å²) in [6.07, 6.45) is 0. The van der Waals surface area contributed by atoms with E-state index in [1.807, 2.05) is 72.8 Å². The molecular weight excluding hydrogens is 418 g/mol. The van der Waals surface area contributed by atoms with Crippen molar-refractivity contribution in [3.05, 3.63) is 90.0 Å². The van der Waals surface area contributed by atoms with Gasteiger partial charge in [0.2, 0.25) is 6.79 Å². The van der Waals surface area contributed by atoms with Crippen molar-refractivity contribution in [2.24, 2.45) is 0 Å². The highest BCUT2D eigenvalue weighted by molar-refractivity contribution is 6.07. The van der Waals surface area contributed by atoms with Crippen LogP contribution in [0.1, 0.15) is 15.9 Å². The van der Waals surface area contributed by atoms with E-state index in [-0.39, 0.29) is 12.7 Å². The molecule has 0 radical (unpaired) electrons. The molecule has 7 nitrogen and oxygen atoms in total. The summed E-state index contributed by atoms with van der Waals surface area (Å²) in [5.74, 6) is 2.71. The molecule has 1 aliphatic heterocycles. The number of aromatic nitrogens is 1. The van der Waals surface area contributed by atoms with Gasteiger partial charge < -0.3 is 24.8 Å². The fourth-order valence-corrected chi connectivity index (χ4v) is 3.64. The van der Waals surface area contributed by atoms with Gasteiger partial charge in [0.05, 0.1) is 17.6 Å². The van der Waals surface area contributed by atoms with Crippen molar-refractivity contribution in [3.63, 3.8) is 0 Å². The van der Waals surface area contributed by atoms with Crippen molar-refractivity contribution >= 4 is 22.6 Å². The molecule has 33 heavy (non-hydrogen) atoms. The van der Waals surface area contributed by atoms with Gasteiger partial charge in [-0.1, -0.05) is 42.5 Å². The Bertz CT molecular complexity index is 1280. The van der Waals surface area contributed by atoms with E-state index in [4.69, 9.17) is 14.2 Å². The van der Waals surface area contributed by atoms with Gasteiger partial charge >= 0.3 is 0 Å². The minimum atomic E-state index is -0.170. The molecule has 0 fully saturated rings. The molecule has 0 aliphatic carbocycles. The van der Waals surface area contributed by atoms with Crippen LogP contribution in [0.4, 0.5) is 5.82 Å². The Morgan fingerprint density at radius 1 is 0.939 bits per heavy atom. The van der Waals surface area contributed by atoms with Crippen molar-refractivity contribution in [3.8, 4) is 17.2 Å². The first kappa shape index (κ1) is 20.6. The van der Waals surface area contributed by atoms with Crippen molar-refractivity contribution in [2.75, 3.05) is 25.3 Å². The molecule has 7 heteroatoms. The first-order valence-corrected chi connectivity index (χ1v) is 10.7. The first-order valence-electron chi connectivity index (χ1n) is 10.7. The number of para-hydroxylation sites is 2. The number of hydrogen-bond acceptors (Lipinski definition) is 6. The summed E-state index contributed by atoms with van der Waals surface area (Å²) in [6.45, 7) is 1.56. The number of rotatable bonds is 8. The molecule has 0 bridgehead atoms. The van der Waals surface area contributed by atoms with Crippen LogP contribution in [0.3, 0.4) is 0 Å². The van der Waals surface area contributed by atoms with Crippen LogP contribution >= 0.6 is 0 Å². The number of nitrogens with zero attached hydrogens (tertiary/aromatic N) is 1. The summed E-state index contributed by atoms with van der Waals surface area (Å²) in [6, 6.07) is 24.7. The van der Waals surface area contributed by atoms with Crippen molar-refractivity contribution in [1.29, 1.82) is 0 Å². The lowest BCUT2D eigenvalue weighted by Gasteiger charge is -2.12. The molecular formula is C26H23N3O4. The Balaban J connectivity index is 1.27. The van der Waals surface area contributed by atoms with Crippen molar-refractivity contribution in [2.45, 2.75) is 6.54 Å². The number of benzene rings is 3. The second-order valence-electron chi connectivity index (χ2n) is 7.53. The lowest BCUT2D eigenvalue weighted by Crippen LogP contribution is -2.28. The Kier molecular flexibility index (Phi) is 5.93. The molecule has 166 valence electrons. The molecule has 3 aromatic carbocycles. The Morgan fingerprint density at radius 3 is 2.67 bits per heavy atom. The van der Waals surface area contributed by atoms with Crippen molar-refractivity contribution < 1.29 is 19.0 Å². The Hall–Kier alpha value is -4.26. The van der Waals surface area contributed by atoms with Crippen molar-refractivity contribution in [1.82, 2.24) is 10.3 Å². The highest BCUT2D eigenvalue weighted by Crippen LogP contribution is 2.32. The summed E-state index contributed by atoms with van der Waals surface area (Å²) < 4.78 is 16.5. The highest BCUT2D eigenvalue weighted by atomic mass is 16.7. The first-order chi connectivity index (χ1) is 16.3. The molecule has 5 rings (SSSR count). The van der Waals surface area contributed by atoms with Gasteiger partial charge in [-0.05, 0) is 42.0 Å². The van der Waals surface area contributed by atoms with E-state index in [2.05, 4.69) is 15.6 Å². The summed E-state index contributed by atoms with van der Waals surface area (Å²) in [5, 5.41) is 7.06. The molecule has 0 unspecified atom stereocenters. The molecule has 4 aromatic rings. The van der Waals surface area contributed by atoms with Gasteiger partial charge in [0.1, 0.15) is 18.2 Å². The molecule has 0 saturated heterocycles. The molecule has 1 aliphatic rings. The molecule has 1 aromatic heterocycles. The van der Waals surface area contributed by atoms with E-state index in [9.17, 15) is 4.79 Å². The van der Waals surface area contributed by atoms with Gasteiger partial charge in [-0.15, -0.1) is 0 Å². The average molecular weight is 441 g/mol. The third-order valence-corrected chi connectivity index (χ3v) is 5.27. The summed E-state index contributed by atoms with van der Waals surface area (Å²) in [5.41, 5.74) is 2.34. The number of anilines is 1. The van der Waals surface area contributed by atoms with Crippen LogP contribution in [-0.2, 0) is 6.54 Å². The zero-order chi connectivity index (χ0) is 22.5. The van der Waals surface area contributed by atoms with Crippen LogP contribution in [-0.4, -0.2) is 30.8 Å². The van der Waals surface area contributed by atoms with Gasteiger partial charge in [0.15, 0.2) is 11.5 Å². The average Bonchev–Trinajstić information content (AvgIpc) is 3.33. The molecule has 0 saturated carbocycles. The van der Waals surface area contributed by atoms with Gasteiger partial charge in [0.25, 0.3) is 5.91 Å². The minimum absolute atomic E-state index is 0.170. The molecule has 0 atom stereocenters. The summed E-state index contributed by atoms with van der Waals surface area (Å²) >= 11 is 0. The molecule has 2 N–H and O–H groups in total. The zero-order valence-corrected chi connectivity index (χ0v) is 17.9. The Labute approximate surface area is 191 Å². The number of nitrogens with one attached hydrogen (secondary N) is 2. The van der Waals surface area contributed by atoms with Crippen LogP contribution in [0.25, 0.3) is 10.9 Å². The summed E-state index contributed by atoms with van der Waals surface area (Å²) in [4.78, 5) is 17.6. The van der Waals surface area contributed by atoms with Crippen LogP contribution in [0.2, 0.25) is 0 Å². The number of hydrogen-bond donors (Lipinski definition) is 2. The number of amides is 1. The summed E-state index contributed by atoms with van der Waals surface area (Å²) in [7, 11) is 0. The topological polar surface area (TPSA) is 81.7 Å². The third kappa shape index (κ3) is 4.82. The number of ether oxygens (including phenoxy) is 3. The quantitative estimate of drug-likeness (QED) is 0.395. The van der Waals surface area contributed by atoms with Crippen LogP contribution < -0.4 is 24.8 Å². The van der Waals surface area contributed by atoms with Crippen LogP contribution in [0, 0.1) is 0 Å². The highest BCUT2D eigenvalue weighted by Gasteiger charge is 2.15. The monoisotopic (exact) mass is 441 g/mol. The van der Waals surface area contributed by atoms with Crippen LogP contribution in [0.15, 0.2) is 78.9 Å². The zero-order valence-electron chi connectivity index (χ0n) is 17.9. The van der Waals surface area contributed by atoms with E-state index in [0.29, 0.717) is 31.1 Å². The van der Waals surface area contributed by atoms with E-state index in [1.54, 1.807) is 6.07 Å². The van der Waals surface area contributed by atoms with Gasteiger partial charge in [0, 0.05) is 11.9 Å². The molecule has 2 heterocycles. The predicted octanol–water partition coefficient (Wildman–Crippen LogP) is 4.38. The lowest BCUT2D eigenvalue weighted by atomic mass is 10.1. The smallest absolute Gasteiger partial charge is 0.252 e. The maximum atomic E-state index is 13.0. The van der Waals surface area contributed by atoms with E-state index in [0.717, 1.165) is 33.7 Å². The minimum Gasteiger partial charge on any atom is -0.492 e. The number of fused-ring (bicyclic) bond motifs is 2. The third-order valence-electron chi connectivity index (χ3n) is 5.27. The number of carbonyl (C=O) groups excluding carboxylic acids is 1. The maximum absolute atomic E-state index is 13.0. The van der Waals surface area contributed by atoms with Gasteiger partial charge in [-0.25, -0.2) is 4.98 Å². The molecule has 1 amide bonds. The molecule has 0 spiro atoms. The maximum Gasteiger partial charge on any atom is 0.252 e. The fourth-order valence-electron chi connectivity index (χ4n) is 3.64. The largest absolute Gasteiger partial charge is 0.492 e. The van der Waals surface area contributed by atoms with Gasteiger partial charge in [-0.2, -0.15) is 0 Å². The second kappa shape index (κ2) is 9.48. The normalized spacial score (nSPS) is 11.9. The Morgan fingerprint density at radius 2 is 1.76 bits per heavy atom. The van der Waals surface area contributed by atoms with E-state index in [1.165, 1.54) is 0 Å². The predicted molar refractivity (Wildman–Crippen MR) is 126 cm³/mol. The SMILES string of the molecule is O=C(NCCOc1ccccc1)c1cc(NCc2ccc3c(c2)OCO3)nc2ccccc12. The fraction of sp³-hybridized carbons (Fsp3) is 0.154. The van der Waals surface area contributed by atoms with Gasteiger partial charge in [-0.3, -0.25) is 4.79 Å². The lowest BCUT2D eigenvalue weighted by molar-refractivity contribution is 0.0948. The standard InChI is InChI=1S/C26H23N3O4/c30-26(27-12-13-31-19-6-2-1-3-7-19)21-15-25(29-22-9-5-4-8-20(21)22)28-16-18-10-11-23-24(14-18)33-17-32-23/h1-11,14-15H,12-13,16-17H2,(H,27,30)(H,28,29). The number of carbonyl (C=O) groups is 1. The second-order valence-corrected chi connectivity index (χ2v) is 7.53.